The van der Waals surface area contributed by atoms with Gasteiger partial charge in [0, 0.05) is 18.7 Å². The van der Waals surface area contributed by atoms with Crippen LogP contribution in [0.5, 0.6) is 11.5 Å². The van der Waals surface area contributed by atoms with E-state index in [1.54, 1.807) is 25.5 Å². The molecule has 0 atom stereocenters. The fraction of sp³-hybridized carbons (Fsp3) is 0.318. The Hall–Kier alpha value is -2.68. The Balaban J connectivity index is 1.62. The molecule has 0 radical (unpaired) electrons. The van der Waals surface area contributed by atoms with Gasteiger partial charge >= 0.3 is 0 Å². The second-order valence-corrected chi connectivity index (χ2v) is 7.94. The number of halogens is 1. The van der Waals surface area contributed by atoms with Gasteiger partial charge in [-0.2, -0.15) is 10.4 Å². The normalized spacial score (nSPS) is 14.2. The number of benzene rings is 2. The van der Waals surface area contributed by atoms with Gasteiger partial charge in [0.2, 0.25) is 0 Å². The first-order chi connectivity index (χ1) is 15.1. The summed E-state index contributed by atoms with van der Waals surface area (Å²) in [6.45, 7) is 3.32. The number of methoxy groups -OCH3 is 1. The highest BCUT2D eigenvalue weighted by Crippen LogP contribution is 2.34. The van der Waals surface area contributed by atoms with E-state index in [4.69, 9.17) is 14.2 Å². The number of nitrogens with zero attached hydrogens (tertiary/aromatic N) is 3. The van der Waals surface area contributed by atoms with E-state index in [1.807, 2.05) is 29.2 Å². The van der Waals surface area contributed by atoms with Crippen LogP contribution in [0.25, 0.3) is 0 Å². The molecule has 1 aliphatic heterocycles. The molecule has 9 heteroatoms. The average Bonchev–Trinajstić information content (AvgIpc) is 2.79. The van der Waals surface area contributed by atoms with Crippen molar-refractivity contribution in [2.24, 2.45) is 5.10 Å². The van der Waals surface area contributed by atoms with Gasteiger partial charge in [-0.15, -0.1) is 0 Å². The van der Waals surface area contributed by atoms with Crippen LogP contribution in [0.3, 0.4) is 0 Å². The number of amides is 1. The molecule has 2 aromatic carbocycles. The van der Waals surface area contributed by atoms with Gasteiger partial charge in [-0.3, -0.25) is 9.69 Å². The Kier molecular flexibility index (Phi) is 8.63. The van der Waals surface area contributed by atoms with Crippen LogP contribution >= 0.6 is 22.6 Å². The average molecular weight is 534 g/mol. The van der Waals surface area contributed by atoms with Crippen molar-refractivity contribution in [2.45, 2.75) is 6.61 Å². The number of hydrogen-bond donors (Lipinski definition) is 1. The van der Waals surface area contributed by atoms with E-state index in [0.29, 0.717) is 36.8 Å². The summed E-state index contributed by atoms with van der Waals surface area (Å²) in [5.74, 6) is 0.961. The number of carbonyl (C=O) groups is 1. The summed E-state index contributed by atoms with van der Waals surface area (Å²) >= 11 is 2.16. The van der Waals surface area contributed by atoms with E-state index >= 15 is 0 Å². The molecule has 1 aliphatic rings. The molecule has 1 amide bonds. The Morgan fingerprint density at radius 2 is 2.13 bits per heavy atom. The second kappa shape index (κ2) is 11.6. The minimum absolute atomic E-state index is 0.170. The molecule has 0 unspecified atom stereocenters. The molecule has 0 saturated carbocycles. The van der Waals surface area contributed by atoms with Crippen LogP contribution in [-0.2, 0) is 16.1 Å². The van der Waals surface area contributed by atoms with E-state index in [0.717, 1.165) is 27.8 Å². The Morgan fingerprint density at radius 3 is 2.87 bits per heavy atom. The largest absolute Gasteiger partial charge is 0.493 e. The summed E-state index contributed by atoms with van der Waals surface area (Å²) in [5, 5.41) is 13.3. The van der Waals surface area contributed by atoms with Gasteiger partial charge in [0.05, 0.1) is 48.3 Å². The number of carbonyl (C=O) groups excluding carboxylic acids is 1. The predicted molar refractivity (Wildman–Crippen MR) is 124 cm³/mol. The molecule has 0 bridgehead atoms. The third kappa shape index (κ3) is 6.65. The summed E-state index contributed by atoms with van der Waals surface area (Å²) in [5.41, 5.74) is 4.69. The topological polar surface area (TPSA) is 96.2 Å². The van der Waals surface area contributed by atoms with Crippen molar-refractivity contribution in [2.75, 3.05) is 40.0 Å². The minimum Gasteiger partial charge on any atom is -0.493 e. The number of ether oxygens (including phenoxy) is 3. The van der Waals surface area contributed by atoms with Gasteiger partial charge in [0.25, 0.3) is 5.91 Å². The van der Waals surface area contributed by atoms with Crippen molar-refractivity contribution < 1.29 is 19.0 Å². The summed E-state index contributed by atoms with van der Waals surface area (Å²) in [7, 11) is 1.56. The van der Waals surface area contributed by atoms with Gasteiger partial charge in [0.1, 0.15) is 6.61 Å². The third-order valence-electron chi connectivity index (χ3n) is 4.64. The zero-order valence-electron chi connectivity index (χ0n) is 17.1. The number of hydrazone groups is 1. The first-order valence-corrected chi connectivity index (χ1v) is 10.8. The quantitative estimate of drug-likeness (QED) is 0.318. The lowest BCUT2D eigenvalue weighted by atomic mass is 10.1. The molecule has 0 spiro atoms. The molecule has 1 N–H and O–H groups in total. The van der Waals surface area contributed by atoms with Gasteiger partial charge in [-0.05, 0) is 46.4 Å². The maximum absolute atomic E-state index is 12.0. The third-order valence-corrected chi connectivity index (χ3v) is 5.44. The highest BCUT2D eigenvalue weighted by atomic mass is 127. The maximum atomic E-state index is 12.0. The Bertz CT molecular complexity index is 984. The van der Waals surface area contributed by atoms with Crippen molar-refractivity contribution in [3.63, 3.8) is 0 Å². The van der Waals surface area contributed by atoms with E-state index in [2.05, 4.69) is 39.2 Å². The molecule has 162 valence electrons. The van der Waals surface area contributed by atoms with Crippen LogP contribution in [0.1, 0.15) is 16.7 Å². The van der Waals surface area contributed by atoms with Crippen molar-refractivity contribution in [3.8, 4) is 17.6 Å². The SMILES string of the molecule is COc1cc(/C=N/NC(=O)CN2CCOCC2)cc(I)c1OCc1ccccc1C#N. The Labute approximate surface area is 194 Å². The van der Waals surface area contributed by atoms with Crippen LogP contribution in [0.15, 0.2) is 41.5 Å². The zero-order valence-corrected chi connectivity index (χ0v) is 19.3. The van der Waals surface area contributed by atoms with Crippen molar-refractivity contribution >= 4 is 34.7 Å². The Morgan fingerprint density at radius 1 is 1.35 bits per heavy atom. The molecule has 0 aliphatic carbocycles. The lowest BCUT2D eigenvalue weighted by molar-refractivity contribution is -0.123. The molecule has 2 aromatic rings. The highest BCUT2D eigenvalue weighted by Gasteiger charge is 2.14. The van der Waals surface area contributed by atoms with E-state index in [-0.39, 0.29) is 12.5 Å². The van der Waals surface area contributed by atoms with Crippen molar-refractivity contribution in [3.05, 3.63) is 56.7 Å². The highest BCUT2D eigenvalue weighted by molar-refractivity contribution is 14.1. The van der Waals surface area contributed by atoms with Crippen LogP contribution < -0.4 is 14.9 Å². The molecule has 8 nitrogen and oxygen atoms in total. The zero-order chi connectivity index (χ0) is 22.1. The molecule has 3 rings (SSSR count). The summed E-state index contributed by atoms with van der Waals surface area (Å²) < 4.78 is 17.5. The monoisotopic (exact) mass is 534 g/mol. The van der Waals surface area contributed by atoms with Crippen molar-refractivity contribution in [1.29, 1.82) is 5.26 Å². The molecule has 1 saturated heterocycles. The smallest absolute Gasteiger partial charge is 0.254 e. The summed E-state index contributed by atoms with van der Waals surface area (Å²) in [6, 6.07) is 13.1. The van der Waals surface area contributed by atoms with E-state index < -0.39 is 0 Å². The number of rotatable bonds is 8. The molecular weight excluding hydrogens is 511 g/mol. The van der Waals surface area contributed by atoms with Gasteiger partial charge < -0.3 is 14.2 Å². The summed E-state index contributed by atoms with van der Waals surface area (Å²) in [6.07, 6.45) is 1.57. The summed E-state index contributed by atoms with van der Waals surface area (Å²) in [4.78, 5) is 14.1. The maximum Gasteiger partial charge on any atom is 0.254 e. The molecule has 1 heterocycles. The lowest BCUT2D eigenvalue weighted by Crippen LogP contribution is -2.42. The fourth-order valence-electron chi connectivity index (χ4n) is 3.04. The van der Waals surface area contributed by atoms with Crippen LogP contribution in [0, 0.1) is 14.9 Å². The van der Waals surface area contributed by atoms with Crippen LogP contribution in [0.4, 0.5) is 0 Å². The van der Waals surface area contributed by atoms with Crippen molar-refractivity contribution in [1.82, 2.24) is 10.3 Å². The van der Waals surface area contributed by atoms with Gasteiger partial charge in [-0.1, -0.05) is 18.2 Å². The van der Waals surface area contributed by atoms with E-state index in [9.17, 15) is 10.1 Å². The first kappa shape index (κ1) is 23.0. The number of nitrogens with one attached hydrogen (secondary N) is 1. The minimum atomic E-state index is -0.170. The number of nitriles is 1. The van der Waals surface area contributed by atoms with Crippen LogP contribution in [-0.4, -0.2) is 57.0 Å². The molecule has 1 fully saturated rings. The molecule has 0 aromatic heterocycles. The number of hydrogen-bond acceptors (Lipinski definition) is 7. The predicted octanol–water partition coefficient (Wildman–Crippen LogP) is 2.53. The molecular formula is C22H23IN4O4. The standard InChI is InChI=1S/C22H23IN4O4/c1-29-20-11-16(13-25-26-21(28)14-27-6-8-30-9-7-27)10-19(23)22(20)31-15-18-5-3-2-4-17(18)12-24/h2-5,10-11,13H,6-9,14-15H2,1H3,(H,26,28)/b25-13+. The van der Waals surface area contributed by atoms with Gasteiger partial charge in [0.15, 0.2) is 11.5 Å². The lowest BCUT2D eigenvalue weighted by Gasteiger charge is -2.25. The first-order valence-electron chi connectivity index (χ1n) is 9.71. The van der Waals surface area contributed by atoms with E-state index in [1.165, 1.54) is 0 Å². The van der Waals surface area contributed by atoms with Crippen LogP contribution in [0.2, 0.25) is 0 Å². The van der Waals surface area contributed by atoms with Gasteiger partial charge in [-0.25, -0.2) is 5.43 Å². The molecule has 31 heavy (non-hydrogen) atoms. The fourth-order valence-corrected chi connectivity index (χ4v) is 3.82. The second-order valence-electron chi connectivity index (χ2n) is 6.77. The number of morpholine rings is 1.